The third kappa shape index (κ3) is 2.57. The van der Waals surface area contributed by atoms with Crippen molar-refractivity contribution in [2.45, 2.75) is 19.9 Å². The van der Waals surface area contributed by atoms with Gasteiger partial charge in [-0.1, -0.05) is 28.1 Å². The van der Waals surface area contributed by atoms with Gasteiger partial charge in [-0.05, 0) is 26.0 Å². The fourth-order valence-electron chi connectivity index (χ4n) is 1.92. The first-order valence-electron chi connectivity index (χ1n) is 5.76. The molecule has 0 unspecified atom stereocenters. The van der Waals surface area contributed by atoms with Crippen LogP contribution in [0.15, 0.2) is 30.6 Å². The Morgan fingerprint density at radius 3 is 2.71 bits per heavy atom. The summed E-state index contributed by atoms with van der Waals surface area (Å²) in [6.45, 7) is 5.30. The van der Waals surface area contributed by atoms with E-state index in [0.29, 0.717) is 6.04 Å². The summed E-state index contributed by atoms with van der Waals surface area (Å²) in [4.78, 5) is 11.0. The number of fused-ring (bicyclic) bond motifs is 1. The molecule has 0 aliphatic heterocycles. The average Bonchev–Trinajstić information content (AvgIpc) is 2.35. The summed E-state index contributed by atoms with van der Waals surface area (Å²) in [5.74, 6) is 1.02. The Labute approximate surface area is 110 Å². The molecule has 0 aliphatic rings. The van der Waals surface area contributed by atoms with Crippen molar-refractivity contribution in [3.05, 3.63) is 30.6 Å². The third-order valence-electron chi connectivity index (χ3n) is 2.74. The van der Waals surface area contributed by atoms with Gasteiger partial charge in [0.15, 0.2) is 0 Å². The summed E-state index contributed by atoms with van der Waals surface area (Å²) >= 11 is 3.49. The van der Waals surface area contributed by atoms with Crippen LogP contribution in [0, 0.1) is 0 Å². The van der Waals surface area contributed by atoms with E-state index in [-0.39, 0.29) is 0 Å². The molecule has 0 amide bonds. The van der Waals surface area contributed by atoms with Gasteiger partial charge in [0.1, 0.15) is 12.1 Å². The van der Waals surface area contributed by atoms with Gasteiger partial charge >= 0.3 is 0 Å². The first-order valence-corrected chi connectivity index (χ1v) is 6.88. The lowest BCUT2D eigenvalue weighted by molar-refractivity contribution is 0.700. The number of halogens is 1. The second-order valence-electron chi connectivity index (χ2n) is 4.19. The van der Waals surface area contributed by atoms with Gasteiger partial charge in [0, 0.05) is 23.3 Å². The predicted molar refractivity (Wildman–Crippen MR) is 75.8 cm³/mol. The molecule has 0 N–H and O–H groups in total. The minimum absolute atomic E-state index is 0.422. The molecule has 0 spiro atoms. The zero-order valence-electron chi connectivity index (χ0n) is 10.1. The van der Waals surface area contributed by atoms with Crippen molar-refractivity contribution in [2.24, 2.45) is 0 Å². The molecule has 0 aliphatic carbocycles. The Morgan fingerprint density at radius 1 is 1.24 bits per heavy atom. The Morgan fingerprint density at radius 2 is 2.00 bits per heavy atom. The van der Waals surface area contributed by atoms with Gasteiger partial charge in [-0.2, -0.15) is 0 Å². The van der Waals surface area contributed by atoms with Crippen LogP contribution in [0.5, 0.6) is 0 Å². The molecule has 1 heterocycles. The smallest absolute Gasteiger partial charge is 0.140 e. The number of anilines is 1. The monoisotopic (exact) mass is 293 g/mol. The lowest BCUT2D eigenvalue weighted by atomic mass is 10.2. The molecule has 90 valence electrons. The second-order valence-corrected chi connectivity index (χ2v) is 4.98. The molecule has 4 heteroatoms. The Hall–Kier alpha value is -1.16. The maximum absolute atomic E-state index is 4.44. The number of hydrogen-bond acceptors (Lipinski definition) is 3. The van der Waals surface area contributed by atoms with Crippen LogP contribution in [0.25, 0.3) is 10.9 Å². The standard InChI is InChI=1S/C13H16BrN3/c1-10(2)17(8-7-14)13-11-5-3-4-6-12(11)15-9-16-13/h3-6,9-10H,7-8H2,1-2H3. The normalized spacial score (nSPS) is 11.1. The largest absolute Gasteiger partial charge is 0.353 e. The fraction of sp³-hybridized carbons (Fsp3) is 0.385. The molecule has 1 aromatic carbocycles. The zero-order valence-corrected chi connectivity index (χ0v) is 11.7. The summed E-state index contributed by atoms with van der Waals surface area (Å²) in [5, 5.41) is 2.05. The average molecular weight is 294 g/mol. The molecule has 0 fully saturated rings. The molecule has 17 heavy (non-hydrogen) atoms. The fourth-order valence-corrected chi connectivity index (χ4v) is 2.30. The highest BCUT2D eigenvalue weighted by molar-refractivity contribution is 9.09. The van der Waals surface area contributed by atoms with E-state index >= 15 is 0 Å². The molecular weight excluding hydrogens is 278 g/mol. The van der Waals surface area contributed by atoms with Crippen molar-refractivity contribution in [1.82, 2.24) is 9.97 Å². The summed E-state index contributed by atoms with van der Waals surface area (Å²) in [6, 6.07) is 8.55. The minimum Gasteiger partial charge on any atom is -0.353 e. The van der Waals surface area contributed by atoms with Crippen molar-refractivity contribution in [2.75, 3.05) is 16.8 Å². The quantitative estimate of drug-likeness (QED) is 0.811. The van der Waals surface area contributed by atoms with Crippen LogP contribution in [0.3, 0.4) is 0 Å². The minimum atomic E-state index is 0.422. The number of aromatic nitrogens is 2. The maximum atomic E-state index is 4.44. The zero-order chi connectivity index (χ0) is 12.3. The topological polar surface area (TPSA) is 29.0 Å². The number of para-hydroxylation sites is 1. The highest BCUT2D eigenvalue weighted by Crippen LogP contribution is 2.23. The number of hydrogen-bond donors (Lipinski definition) is 0. The van der Waals surface area contributed by atoms with Gasteiger partial charge in [0.25, 0.3) is 0 Å². The highest BCUT2D eigenvalue weighted by Gasteiger charge is 2.14. The predicted octanol–water partition coefficient (Wildman–Crippen LogP) is 3.24. The van der Waals surface area contributed by atoms with Crippen LogP contribution in [0.1, 0.15) is 13.8 Å². The summed E-state index contributed by atoms with van der Waals surface area (Å²) < 4.78 is 0. The van der Waals surface area contributed by atoms with E-state index in [4.69, 9.17) is 0 Å². The van der Waals surface area contributed by atoms with E-state index < -0.39 is 0 Å². The Bertz CT molecular complexity index is 493. The van der Waals surface area contributed by atoms with Crippen LogP contribution in [-0.4, -0.2) is 27.9 Å². The van der Waals surface area contributed by atoms with Gasteiger partial charge in [0.2, 0.25) is 0 Å². The third-order valence-corrected chi connectivity index (χ3v) is 3.10. The Kier molecular flexibility index (Phi) is 3.94. The van der Waals surface area contributed by atoms with E-state index in [9.17, 15) is 0 Å². The molecule has 1 aromatic heterocycles. The van der Waals surface area contributed by atoms with Gasteiger partial charge < -0.3 is 4.90 Å². The van der Waals surface area contributed by atoms with Crippen molar-refractivity contribution in [3.8, 4) is 0 Å². The molecule has 0 saturated heterocycles. The molecule has 2 aromatic rings. The summed E-state index contributed by atoms with van der Waals surface area (Å²) in [5.41, 5.74) is 0.998. The number of alkyl halides is 1. The number of nitrogens with zero attached hydrogens (tertiary/aromatic N) is 3. The van der Waals surface area contributed by atoms with Gasteiger partial charge in [-0.25, -0.2) is 9.97 Å². The summed E-state index contributed by atoms with van der Waals surface area (Å²) in [6.07, 6.45) is 1.64. The van der Waals surface area contributed by atoms with Crippen LogP contribution < -0.4 is 4.90 Å². The molecule has 3 nitrogen and oxygen atoms in total. The van der Waals surface area contributed by atoms with E-state index in [1.807, 2.05) is 18.2 Å². The van der Waals surface area contributed by atoms with Gasteiger partial charge in [0.05, 0.1) is 5.52 Å². The number of benzene rings is 1. The lowest BCUT2D eigenvalue weighted by Gasteiger charge is -2.27. The molecule has 0 radical (unpaired) electrons. The van der Waals surface area contributed by atoms with Crippen LogP contribution in [-0.2, 0) is 0 Å². The van der Waals surface area contributed by atoms with E-state index in [1.54, 1.807) is 6.33 Å². The SMILES string of the molecule is CC(C)N(CCBr)c1ncnc2ccccc12. The second kappa shape index (κ2) is 5.45. The molecule has 2 rings (SSSR count). The maximum Gasteiger partial charge on any atom is 0.140 e. The van der Waals surface area contributed by atoms with Gasteiger partial charge in [-0.15, -0.1) is 0 Å². The van der Waals surface area contributed by atoms with E-state index in [2.05, 4.69) is 50.7 Å². The number of rotatable bonds is 4. The lowest BCUT2D eigenvalue weighted by Crippen LogP contribution is -2.33. The summed E-state index contributed by atoms with van der Waals surface area (Å²) in [7, 11) is 0. The van der Waals surface area contributed by atoms with Crippen molar-refractivity contribution in [1.29, 1.82) is 0 Å². The van der Waals surface area contributed by atoms with Crippen LogP contribution in [0.4, 0.5) is 5.82 Å². The Balaban J connectivity index is 2.52. The molecule has 0 saturated carbocycles. The van der Waals surface area contributed by atoms with Crippen molar-refractivity contribution >= 4 is 32.7 Å². The van der Waals surface area contributed by atoms with Gasteiger partial charge in [-0.3, -0.25) is 0 Å². The first-order chi connectivity index (χ1) is 8.24. The van der Waals surface area contributed by atoms with E-state index in [1.165, 1.54) is 0 Å². The van der Waals surface area contributed by atoms with E-state index in [0.717, 1.165) is 28.6 Å². The first kappa shape index (κ1) is 12.3. The van der Waals surface area contributed by atoms with Crippen LogP contribution >= 0.6 is 15.9 Å². The molecular formula is C13H16BrN3. The highest BCUT2D eigenvalue weighted by atomic mass is 79.9. The molecule has 0 bridgehead atoms. The molecule has 0 atom stereocenters. The van der Waals surface area contributed by atoms with Crippen molar-refractivity contribution < 1.29 is 0 Å². The van der Waals surface area contributed by atoms with Crippen LogP contribution in [0.2, 0.25) is 0 Å². The van der Waals surface area contributed by atoms with Crippen molar-refractivity contribution in [3.63, 3.8) is 0 Å².